The van der Waals surface area contributed by atoms with Crippen molar-refractivity contribution in [1.29, 1.82) is 0 Å². The predicted molar refractivity (Wildman–Crippen MR) is 219 cm³/mol. The molecule has 9 rings (SSSR count). The lowest BCUT2D eigenvalue weighted by Crippen LogP contribution is -2.42. The third kappa shape index (κ3) is 7.44. The number of pyridine rings is 2. The number of hydrogen-bond donors (Lipinski definition) is 2. The van der Waals surface area contributed by atoms with Crippen LogP contribution >= 0.6 is 0 Å². The number of Topliss-reactive ketones (excluding diaryl/α,β-unsaturated/α-hetero) is 1. The summed E-state index contributed by atoms with van der Waals surface area (Å²) in [4.78, 5) is 46.1. The van der Waals surface area contributed by atoms with Crippen molar-refractivity contribution < 1.29 is 28.6 Å². The van der Waals surface area contributed by atoms with Crippen molar-refractivity contribution in [3.63, 3.8) is 0 Å². The first-order valence-electron chi connectivity index (χ1n) is 20.7. The fraction of sp³-hybridized carbons (Fsp3) is 0.468. The Labute approximate surface area is 335 Å². The van der Waals surface area contributed by atoms with E-state index in [9.17, 15) is 14.4 Å². The molecule has 5 aliphatic rings. The lowest BCUT2D eigenvalue weighted by atomic mass is 9.58. The van der Waals surface area contributed by atoms with E-state index in [1.54, 1.807) is 18.5 Å². The molecule has 5 heterocycles. The monoisotopic (exact) mass is 770 g/mol. The average molecular weight is 771 g/mol. The summed E-state index contributed by atoms with van der Waals surface area (Å²) in [7, 11) is 0. The van der Waals surface area contributed by atoms with E-state index < -0.39 is 0 Å². The van der Waals surface area contributed by atoms with Crippen LogP contribution in [-0.2, 0) is 20.4 Å². The first kappa shape index (κ1) is 38.8. The highest BCUT2D eigenvalue weighted by Crippen LogP contribution is 2.58. The van der Waals surface area contributed by atoms with E-state index in [1.165, 1.54) is 5.56 Å². The molecule has 1 spiro atoms. The Bertz CT molecular complexity index is 2180. The molecule has 10 heteroatoms. The second kappa shape index (κ2) is 15.7. The van der Waals surface area contributed by atoms with Crippen molar-refractivity contribution in [3.05, 3.63) is 107 Å². The molecule has 4 aromatic rings. The molecule has 0 unspecified atom stereocenters. The zero-order valence-corrected chi connectivity index (χ0v) is 33.6. The Balaban J connectivity index is 0.000000160. The summed E-state index contributed by atoms with van der Waals surface area (Å²) < 4.78 is 18.1. The van der Waals surface area contributed by atoms with Crippen LogP contribution in [0.1, 0.15) is 121 Å². The number of amides is 2. The molecule has 2 amide bonds. The summed E-state index contributed by atoms with van der Waals surface area (Å²) in [6.07, 6.45) is 12.9. The highest BCUT2D eigenvalue weighted by atomic mass is 16.6. The minimum absolute atomic E-state index is 0.0330. The third-order valence-corrected chi connectivity index (χ3v) is 13.9. The molecule has 3 fully saturated rings. The number of fused-ring (bicyclic) bond motifs is 6. The lowest BCUT2D eigenvalue weighted by Gasteiger charge is -2.45. The van der Waals surface area contributed by atoms with Gasteiger partial charge in [0.05, 0.1) is 48.2 Å². The van der Waals surface area contributed by atoms with E-state index in [0.717, 1.165) is 92.1 Å². The highest BCUT2D eigenvalue weighted by Gasteiger charge is 2.56. The Morgan fingerprint density at radius 2 is 1.26 bits per heavy atom. The number of ketones is 1. The smallest absolute Gasteiger partial charge is 0.255 e. The van der Waals surface area contributed by atoms with E-state index >= 15 is 0 Å². The number of rotatable bonds is 6. The molecule has 2 N–H and O–H groups in total. The molecular weight excluding hydrogens is 717 g/mol. The Kier molecular flexibility index (Phi) is 10.7. The molecule has 298 valence electrons. The number of hydrogen-bond acceptors (Lipinski definition) is 8. The topological polar surface area (TPSA) is 132 Å². The molecule has 2 aromatic heterocycles. The standard InChI is InChI=1S/C24H28N2O3.C23H26N2O3/c1-3-24-10-9-23(15-29-23)14-18(24)8-12-28-21-13-17(6-7-19(21)24)22(27)26-20-5-4-11-25-16(20)2;1-3-23-10-8-18(26)14-17(23)9-12-28-21-13-16(6-7-19(21)23)22(27)25-20-5-4-11-24-15(20)2/h4-7,11,13,18H,3,8-10,12,14-15H2,1-2H3,(H,26,27);4-7,11,13,17H,3,8-10,12,14H2,1-2H3,(H,25,27)/t18-,23+,24+;17-,23+/m00/s1. The largest absolute Gasteiger partial charge is 0.493 e. The van der Waals surface area contributed by atoms with Gasteiger partial charge in [0.1, 0.15) is 17.3 Å². The molecule has 0 bridgehead atoms. The molecule has 0 radical (unpaired) electrons. The van der Waals surface area contributed by atoms with E-state index in [4.69, 9.17) is 14.2 Å². The number of ether oxygens (including phenoxy) is 3. The first-order valence-corrected chi connectivity index (χ1v) is 20.7. The van der Waals surface area contributed by atoms with Crippen LogP contribution in [-0.4, -0.2) is 53.0 Å². The van der Waals surface area contributed by atoms with Crippen LogP contribution < -0.4 is 20.1 Å². The fourth-order valence-electron chi connectivity index (χ4n) is 10.3. The van der Waals surface area contributed by atoms with Crippen molar-refractivity contribution in [2.24, 2.45) is 11.8 Å². The predicted octanol–water partition coefficient (Wildman–Crippen LogP) is 9.08. The summed E-state index contributed by atoms with van der Waals surface area (Å²) in [6.45, 7) is 10.4. The maximum absolute atomic E-state index is 12.9. The number of carbonyl (C=O) groups excluding carboxylic acids is 3. The van der Waals surface area contributed by atoms with Crippen molar-refractivity contribution in [3.8, 4) is 11.5 Å². The van der Waals surface area contributed by atoms with Gasteiger partial charge in [-0.3, -0.25) is 24.4 Å². The number of nitrogens with zero attached hydrogens (tertiary/aromatic N) is 2. The number of nitrogens with one attached hydrogen (secondary N) is 2. The summed E-state index contributed by atoms with van der Waals surface area (Å²) in [5.74, 6) is 2.60. The number of carbonyl (C=O) groups is 3. The van der Waals surface area contributed by atoms with Crippen molar-refractivity contribution in [1.82, 2.24) is 9.97 Å². The summed E-state index contributed by atoms with van der Waals surface area (Å²) in [5, 5.41) is 5.91. The van der Waals surface area contributed by atoms with E-state index in [1.807, 2.05) is 62.4 Å². The van der Waals surface area contributed by atoms with Crippen LogP contribution in [0.25, 0.3) is 0 Å². The third-order valence-electron chi connectivity index (χ3n) is 13.9. The molecule has 57 heavy (non-hydrogen) atoms. The van der Waals surface area contributed by atoms with Crippen LogP contribution in [0.2, 0.25) is 0 Å². The Morgan fingerprint density at radius 1 is 0.737 bits per heavy atom. The number of anilines is 2. The van der Waals surface area contributed by atoms with Gasteiger partial charge in [0.2, 0.25) is 0 Å². The zero-order chi connectivity index (χ0) is 39.8. The normalized spacial score (nSPS) is 26.9. The number of benzene rings is 2. The maximum atomic E-state index is 12.9. The van der Waals surface area contributed by atoms with E-state index in [-0.39, 0.29) is 28.2 Å². The molecule has 2 aromatic carbocycles. The van der Waals surface area contributed by atoms with Crippen LogP contribution in [0, 0.1) is 25.7 Å². The Morgan fingerprint density at radius 3 is 1.77 bits per heavy atom. The fourth-order valence-corrected chi connectivity index (χ4v) is 10.3. The van der Waals surface area contributed by atoms with Crippen LogP contribution in [0.3, 0.4) is 0 Å². The van der Waals surface area contributed by atoms with Gasteiger partial charge < -0.3 is 24.8 Å². The Hall–Kier alpha value is -5.09. The first-order chi connectivity index (χ1) is 27.6. The van der Waals surface area contributed by atoms with Gasteiger partial charge in [-0.2, -0.15) is 0 Å². The van der Waals surface area contributed by atoms with Gasteiger partial charge in [0.25, 0.3) is 11.8 Å². The van der Waals surface area contributed by atoms with Crippen LogP contribution in [0.5, 0.6) is 11.5 Å². The quantitative estimate of drug-likeness (QED) is 0.186. The van der Waals surface area contributed by atoms with E-state index in [2.05, 4.69) is 40.5 Å². The van der Waals surface area contributed by atoms with E-state index in [0.29, 0.717) is 60.5 Å². The molecule has 2 saturated carbocycles. The molecule has 2 aliphatic carbocycles. The van der Waals surface area contributed by atoms with Gasteiger partial charge in [-0.1, -0.05) is 26.0 Å². The van der Waals surface area contributed by atoms with Gasteiger partial charge in [0.15, 0.2) is 0 Å². The van der Waals surface area contributed by atoms with Crippen LogP contribution in [0.15, 0.2) is 73.1 Å². The SMILES string of the molecule is CC[C@@]12CCC(=O)C[C@@H]1CCOc1cc(C(=O)Nc3cccnc3C)ccc12.CC[C@@]12CC[C@]3(CO3)C[C@@H]1CCOc1cc(C(=O)Nc3cccnc3C)ccc12. The lowest BCUT2D eigenvalue weighted by molar-refractivity contribution is -0.123. The highest BCUT2D eigenvalue weighted by molar-refractivity contribution is 6.05. The van der Waals surface area contributed by atoms with Gasteiger partial charge in [-0.05, 0) is 126 Å². The molecule has 10 nitrogen and oxygen atoms in total. The van der Waals surface area contributed by atoms with Gasteiger partial charge in [-0.15, -0.1) is 0 Å². The number of epoxide rings is 1. The summed E-state index contributed by atoms with van der Waals surface area (Å²) in [5.41, 5.74) is 6.88. The minimum atomic E-state index is -0.173. The molecular formula is C47H54N4O6. The second-order valence-electron chi connectivity index (χ2n) is 16.7. The minimum Gasteiger partial charge on any atom is -0.493 e. The van der Waals surface area contributed by atoms with Crippen LogP contribution in [0.4, 0.5) is 11.4 Å². The number of aryl methyl sites for hydroxylation is 2. The zero-order valence-electron chi connectivity index (χ0n) is 33.6. The summed E-state index contributed by atoms with van der Waals surface area (Å²) in [6, 6.07) is 19.1. The maximum Gasteiger partial charge on any atom is 0.255 e. The molecule has 5 atom stereocenters. The van der Waals surface area contributed by atoms with Gasteiger partial charge >= 0.3 is 0 Å². The summed E-state index contributed by atoms with van der Waals surface area (Å²) >= 11 is 0. The second-order valence-corrected chi connectivity index (χ2v) is 16.7. The average Bonchev–Trinajstić information content (AvgIpc) is 4.03. The molecule has 3 aliphatic heterocycles. The van der Waals surface area contributed by atoms with Crippen molar-refractivity contribution in [2.75, 3.05) is 30.5 Å². The van der Waals surface area contributed by atoms with Crippen molar-refractivity contribution >= 4 is 29.0 Å². The van der Waals surface area contributed by atoms with Crippen molar-refractivity contribution in [2.45, 2.75) is 108 Å². The number of aromatic nitrogens is 2. The van der Waals surface area contributed by atoms with Gasteiger partial charge in [0, 0.05) is 58.3 Å². The molecule has 1 saturated heterocycles. The van der Waals surface area contributed by atoms with Gasteiger partial charge in [-0.25, -0.2) is 0 Å².